The van der Waals surface area contributed by atoms with E-state index >= 15 is 0 Å². The number of methoxy groups -OCH3 is 1. The monoisotopic (exact) mass is 342 g/mol. The van der Waals surface area contributed by atoms with Crippen LogP contribution in [0.15, 0.2) is 24.7 Å². The van der Waals surface area contributed by atoms with E-state index in [1.54, 1.807) is 13.4 Å². The lowest BCUT2D eigenvalue weighted by atomic mass is 10.0. The van der Waals surface area contributed by atoms with E-state index in [1.807, 2.05) is 24.0 Å². The summed E-state index contributed by atoms with van der Waals surface area (Å²) in [6.45, 7) is 3.20. The molecule has 0 radical (unpaired) electrons. The van der Waals surface area contributed by atoms with Gasteiger partial charge in [-0.05, 0) is 31.7 Å². The summed E-state index contributed by atoms with van der Waals surface area (Å²) in [4.78, 5) is 13.7. The van der Waals surface area contributed by atoms with Gasteiger partial charge >= 0.3 is 0 Å². The van der Waals surface area contributed by atoms with Gasteiger partial charge in [0, 0.05) is 51.0 Å². The van der Waals surface area contributed by atoms with Gasteiger partial charge in [-0.2, -0.15) is 5.10 Å². The number of likely N-dealkylation sites (tertiary alicyclic amines) is 1. The van der Waals surface area contributed by atoms with E-state index in [0.717, 1.165) is 25.5 Å². The Labute approximate surface area is 148 Å². The average molecular weight is 342 g/mol. The molecule has 0 N–H and O–H groups in total. The number of hydrogen-bond acceptors (Lipinski definition) is 6. The minimum Gasteiger partial charge on any atom is -0.481 e. The SMILES string of the molecule is COc1cc(N(C2CC2)C2CCN(Cc3ccnn3C)CC2)ncn1. The van der Waals surface area contributed by atoms with Gasteiger partial charge in [-0.15, -0.1) is 0 Å². The Kier molecular flexibility index (Phi) is 4.57. The van der Waals surface area contributed by atoms with Crippen molar-refractivity contribution in [2.75, 3.05) is 25.1 Å². The molecular formula is C18H26N6O. The lowest BCUT2D eigenvalue weighted by molar-refractivity contribution is 0.196. The molecular weight excluding hydrogens is 316 g/mol. The maximum atomic E-state index is 5.29. The maximum Gasteiger partial charge on any atom is 0.218 e. The lowest BCUT2D eigenvalue weighted by Crippen LogP contribution is -2.46. The molecule has 0 amide bonds. The summed E-state index contributed by atoms with van der Waals surface area (Å²) in [7, 11) is 3.67. The fourth-order valence-electron chi connectivity index (χ4n) is 3.75. The number of aryl methyl sites for hydroxylation is 1. The van der Waals surface area contributed by atoms with Crippen molar-refractivity contribution in [2.24, 2.45) is 7.05 Å². The summed E-state index contributed by atoms with van der Waals surface area (Å²) in [6.07, 6.45) is 8.35. The smallest absolute Gasteiger partial charge is 0.218 e. The van der Waals surface area contributed by atoms with Crippen LogP contribution in [0.3, 0.4) is 0 Å². The predicted octanol–water partition coefficient (Wildman–Crippen LogP) is 1.85. The van der Waals surface area contributed by atoms with Gasteiger partial charge in [0.1, 0.15) is 12.1 Å². The second-order valence-corrected chi connectivity index (χ2v) is 7.01. The zero-order valence-corrected chi connectivity index (χ0v) is 15.0. The van der Waals surface area contributed by atoms with Crippen LogP contribution in [0.1, 0.15) is 31.4 Å². The summed E-state index contributed by atoms with van der Waals surface area (Å²) in [5.41, 5.74) is 1.28. The summed E-state index contributed by atoms with van der Waals surface area (Å²) >= 11 is 0. The zero-order chi connectivity index (χ0) is 17.2. The summed E-state index contributed by atoms with van der Waals surface area (Å²) in [5.74, 6) is 1.66. The molecule has 3 heterocycles. The summed E-state index contributed by atoms with van der Waals surface area (Å²) < 4.78 is 7.25. The molecule has 0 bridgehead atoms. The van der Waals surface area contributed by atoms with Crippen molar-refractivity contribution in [2.45, 2.75) is 44.3 Å². The van der Waals surface area contributed by atoms with Crippen LogP contribution in [-0.2, 0) is 13.6 Å². The van der Waals surface area contributed by atoms with Crippen molar-refractivity contribution in [3.05, 3.63) is 30.4 Å². The van der Waals surface area contributed by atoms with Crippen molar-refractivity contribution in [1.29, 1.82) is 0 Å². The molecule has 0 aromatic carbocycles. The van der Waals surface area contributed by atoms with Gasteiger partial charge in [0.2, 0.25) is 5.88 Å². The molecule has 2 aromatic rings. The van der Waals surface area contributed by atoms with Crippen LogP contribution in [0.5, 0.6) is 5.88 Å². The maximum absolute atomic E-state index is 5.29. The van der Waals surface area contributed by atoms with E-state index in [0.29, 0.717) is 18.0 Å². The normalized spacial score (nSPS) is 19.1. The first-order valence-electron chi connectivity index (χ1n) is 9.08. The lowest BCUT2D eigenvalue weighted by Gasteiger charge is -2.39. The molecule has 1 saturated heterocycles. The van der Waals surface area contributed by atoms with Gasteiger partial charge in [-0.1, -0.05) is 0 Å². The van der Waals surface area contributed by atoms with Crippen LogP contribution in [0.25, 0.3) is 0 Å². The molecule has 2 aromatic heterocycles. The zero-order valence-electron chi connectivity index (χ0n) is 15.0. The molecule has 0 unspecified atom stereocenters. The minimum absolute atomic E-state index is 0.551. The summed E-state index contributed by atoms with van der Waals surface area (Å²) in [6, 6.07) is 5.26. The van der Waals surface area contributed by atoms with Crippen LogP contribution < -0.4 is 9.64 Å². The molecule has 7 nitrogen and oxygen atoms in total. The number of nitrogens with zero attached hydrogens (tertiary/aromatic N) is 6. The van der Waals surface area contributed by atoms with E-state index < -0.39 is 0 Å². The third-order valence-corrected chi connectivity index (χ3v) is 5.30. The Bertz CT molecular complexity index is 705. The number of ether oxygens (including phenoxy) is 1. The molecule has 2 aliphatic rings. The largest absolute Gasteiger partial charge is 0.481 e. The first-order chi connectivity index (χ1) is 12.2. The molecule has 2 fully saturated rings. The molecule has 1 aliphatic heterocycles. The number of aromatic nitrogens is 4. The number of anilines is 1. The third-order valence-electron chi connectivity index (χ3n) is 5.30. The summed E-state index contributed by atoms with van der Waals surface area (Å²) in [5, 5.41) is 4.27. The van der Waals surface area contributed by atoms with E-state index in [9.17, 15) is 0 Å². The van der Waals surface area contributed by atoms with Gasteiger partial charge in [0.25, 0.3) is 0 Å². The molecule has 25 heavy (non-hydrogen) atoms. The van der Waals surface area contributed by atoms with Crippen molar-refractivity contribution in [3.63, 3.8) is 0 Å². The molecule has 0 spiro atoms. The van der Waals surface area contributed by atoms with Gasteiger partial charge in [0.15, 0.2) is 0 Å². The average Bonchev–Trinajstić information content (AvgIpc) is 3.40. The first kappa shape index (κ1) is 16.3. The fraction of sp³-hybridized carbons (Fsp3) is 0.611. The number of rotatable bonds is 6. The molecule has 134 valence electrons. The molecule has 1 aliphatic carbocycles. The van der Waals surface area contributed by atoms with Crippen LogP contribution in [0.4, 0.5) is 5.82 Å². The van der Waals surface area contributed by atoms with E-state index in [-0.39, 0.29) is 0 Å². The second kappa shape index (κ2) is 7.00. The van der Waals surface area contributed by atoms with Crippen molar-refractivity contribution < 1.29 is 4.74 Å². The fourth-order valence-corrected chi connectivity index (χ4v) is 3.75. The Balaban J connectivity index is 1.41. The van der Waals surface area contributed by atoms with Gasteiger partial charge in [-0.3, -0.25) is 9.58 Å². The number of piperidine rings is 1. The molecule has 0 atom stereocenters. The van der Waals surface area contributed by atoms with E-state index in [1.165, 1.54) is 31.4 Å². The van der Waals surface area contributed by atoms with E-state index in [2.05, 4.69) is 30.9 Å². The minimum atomic E-state index is 0.551. The first-order valence-corrected chi connectivity index (χ1v) is 9.08. The van der Waals surface area contributed by atoms with Crippen LogP contribution in [0, 0.1) is 0 Å². The van der Waals surface area contributed by atoms with Crippen molar-refractivity contribution in [1.82, 2.24) is 24.6 Å². The highest BCUT2D eigenvalue weighted by Gasteiger charge is 2.36. The van der Waals surface area contributed by atoms with Crippen molar-refractivity contribution in [3.8, 4) is 5.88 Å². The second-order valence-electron chi connectivity index (χ2n) is 7.01. The Morgan fingerprint density at radius 3 is 2.56 bits per heavy atom. The molecule has 7 heteroatoms. The standard InChI is InChI=1S/C18H26N6O/c1-22-16(5-8-21-22)12-23-9-6-15(7-10-23)24(14-3-4-14)17-11-18(25-2)20-13-19-17/h5,8,11,13-15H,3-4,6-7,9-10,12H2,1-2H3. The van der Waals surface area contributed by atoms with Gasteiger partial charge in [0.05, 0.1) is 12.8 Å². The highest BCUT2D eigenvalue weighted by Crippen LogP contribution is 2.36. The van der Waals surface area contributed by atoms with Crippen LogP contribution in [-0.4, -0.2) is 56.9 Å². The van der Waals surface area contributed by atoms with E-state index in [4.69, 9.17) is 4.74 Å². The topological polar surface area (TPSA) is 59.3 Å². The Morgan fingerprint density at radius 2 is 1.92 bits per heavy atom. The molecule has 1 saturated carbocycles. The predicted molar refractivity (Wildman–Crippen MR) is 95.6 cm³/mol. The Morgan fingerprint density at radius 1 is 1.16 bits per heavy atom. The highest BCUT2D eigenvalue weighted by molar-refractivity contribution is 5.45. The van der Waals surface area contributed by atoms with Gasteiger partial charge < -0.3 is 9.64 Å². The van der Waals surface area contributed by atoms with Crippen LogP contribution in [0.2, 0.25) is 0 Å². The van der Waals surface area contributed by atoms with Crippen molar-refractivity contribution >= 4 is 5.82 Å². The van der Waals surface area contributed by atoms with Gasteiger partial charge in [-0.25, -0.2) is 9.97 Å². The quantitative estimate of drug-likeness (QED) is 0.798. The highest BCUT2D eigenvalue weighted by atomic mass is 16.5. The number of hydrogen-bond donors (Lipinski definition) is 0. The van der Waals surface area contributed by atoms with Crippen LogP contribution >= 0.6 is 0 Å². The Hall–Kier alpha value is -2.15. The third kappa shape index (κ3) is 3.61. The molecule has 4 rings (SSSR count).